The Morgan fingerprint density at radius 2 is 1.38 bits per heavy atom. The number of carbonyl (C=O) groups excluding carboxylic acids is 1. The van der Waals surface area contributed by atoms with Crippen molar-refractivity contribution in [3.63, 3.8) is 0 Å². The second-order valence-corrected chi connectivity index (χ2v) is 0.440. The molecule has 0 N–H and O–H groups in total. The molecule has 0 saturated carbocycles. The van der Waals surface area contributed by atoms with E-state index in [0.29, 0.717) is 0 Å². The monoisotopic (exact) mass is 186 g/mol. The zero-order valence-electron chi connectivity index (χ0n) is 5.21. The quantitative estimate of drug-likeness (QED) is 0.215. The van der Waals surface area contributed by atoms with Gasteiger partial charge in [0, 0.05) is 0 Å². The van der Waals surface area contributed by atoms with Gasteiger partial charge in [-0.2, -0.15) is 0 Å². The minimum absolute atomic E-state index is 0. The van der Waals surface area contributed by atoms with Crippen molar-refractivity contribution in [3.8, 4) is 0 Å². The molecular weight excluding hydrogens is 182 g/mol. The Kier molecular flexibility index (Phi) is 89.6. The molecule has 0 spiro atoms. The molecule has 0 aromatic carbocycles. The number of hydrogen-bond acceptors (Lipinski definition) is 4. The Morgan fingerprint density at radius 1 is 1.38 bits per heavy atom. The molecule has 0 fully saturated rings. The van der Waals surface area contributed by atoms with Crippen LogP contribution in [0.4, 0.5) is 0 Å². The topological polar surface area (TPSA) is 63.2 Å². The maximum atomic E-state index is 8.81. The fourth-order valence-corrected chi connectivity index (χ4v) is 0. The van der Waals surface area contributed by atoms with Crippen LogP contribution in [-0.4, -0.2) is 15.4 Å². The fraction of sp³-hybridized carbons (Fsp3) is 0.500. The molecule has 0 bridgehead atoms. The van der Waals surface area contributed by atoms with Crippen LogP contribution in [0.15, 0.2) is 0 Å². The number of rotatable bonds is 0. The van der Waals surface area contributed by atoms with Gasteiger partial charge in [-0.25, -0.2) is 0 Å². The van der Waals surface area contributed by atoms with Gasteiger partial charge < -0.3 is 26.2 Å². The fourth-order valence-electron chi connectivity index (χ4n) is 0. The number of carbonyl (C=O) groups is 1. The van der Waals surface area contributed by atoms with Gasteiger partial charge in [-0.3, -0.25) is 0 Å². The van der Waals surface area contributed by atoms with Crippen molar-refractivity contribution in [1.82, 2.24) is 0 Å². The van der Waals surface area contributed by atoms with Crippen LogP contribution in [0.3, 0.4) is 0 Å². The van der Waals surface area contributed by atoms with Crippen molar-refractivity contribution in [2.45, 2.75) is 6.92 Å². The van der Waals surface area contributed by atoms with Crippen molar-refractivity contribution in [2.75, 3.05) is 0 Å². The van der Waals surface area contributed by atoms with Crippen LogP contribution >= 0.6 is 12.3 Å². The number of hydrogen-bond donors (Lipinski definition) is 0. The first-order chi connectivity index (χ1) is 2.83. The zero-order chi connectivity index (χ0) is 5.41. The van der Waals surface area contributed by atoms with E-state index in [1.807, 2.05) is 0 Å². The van der Waals surface area contributed by atoms with Gasteiger partial charge in [-0.05, 0) is 6.92 Å². The molecule has 0 amide bonds. The van der Waals surface area contributed by atoms with Crippen LogP contribution in [-0.2, 0) is 4.79 Å². The van der Waals surface area contributed by atoms with Gasteiger partial charge in [0.25, 0.3) is 0 Å². The third-order valence-corrected chi connectivity index (χ3v) is 0. The molecule has 0 aliphatic heterocycles. The maximum Gasteiger partial charge on any atom is 1.00 e. The van der Waals surface area contributed by atoms with Crippen LogP contribution in [0.5, 0.6) is 0 Å². The molecule has 8 heavy (non-hydrogen) atoms. The Bertz CT molecular complexity index is 29.2. The Morgan fingerprint density at radius 3 is 1.38 bits per heavy atom. The van der Waals surface area contributed by atoms with Crippen LogP contribution in [0, 0.1) is 0 Å². The molecule has 0 aliphatic carbocycles. The maximum absolute atomic E-state index is 8.81. The van der Waals surface area contributed by atoms with E-state index in [4.69, 9.17) is 13.9 Å². The molecule has 0 heterocycles. The predicted octanol–water partition coefficient (Wildman–Crippen LogP) is -5.81. The zero-order valence-corrected chi connectivity index (χ0v) is 12.3. The Balaban J connectivity index is -0.0000000160. The molecule has 0 atom stereocenters. The first kappa shape index (κ1) is 22.5. The summed E-state index contributed by atoms with van der Waals surface area (Å²) in [4.78, 5) is 8.81. The van der Waals surface area contributed by atoms with E-state index in [2.05, 4.69) is 0 Å². The van der Waals surface area contributed by atoms with Crippen LogP contribution in [0.1, 0.15) is 6.92 Å². The Hall–Kier alpha value is 3.21. The molecule has 0 aromatic heterocycles. The van der Waals surface area contributed by atoms with Crippen LogP contribution in [0.2, 0.25) is 0 Å². The molecular formula is C2H4K2O3S. The summed E-state index contributed by atoms with van der Waals surface area (Å²) in [5.41, 5.74) is 0. The summed E-state index contributed by atoms with van der Waals surface area (Å²) in [7, 11) is 0. The van der Waals surface area contributed by atoms with Gasteiger partial charge in [0.2, 0.25) is 0 Å². The van der Waals surface area contributed by atoms with Gasteiger partial charge in [0.05, 0.1) is 0 Å². The molecule has 3 nitrogen and oxygen atoms in total. The second-order valence-electron chi connectivity index (χ2n) is 0.304. The van der Waals surface area contributed by atoms with Crippen LogP contribution < -0.4 is 103 Å². The van der Waals surface area contributed by atoms with E-state index in [9.17, 15) is 0 Å². The summed E-state index contributed by atoms with van der Waals surface area (Å²) >= 11 is -0.750. The van der Waals surface area contributed by atoms with Crippen molar-refractivity contribution >= 4 is 18.6 Å². The average molecular weight is 186 g/mol. The van der Waals surface area contributed by atoms with E-state index in [-0.39, 0.29) is 103 Å². The smallest absolute Gasteiger partial charge is 0.811 e. The third-order valence-electron chi connectivity index (χ3n) is 0. The molecule has 0 unspecified atom stereocenters. The average Bonchev–Trinajstić information content (AvgIpc) is 1.39. The third kappa shape index (κ3) is 60.2. The molecule has 6 heteroatoms. The van der Waals surface area contributed by atoms with Crippen molar-refractivity contribution in [1.29, 1.82) is 0 Å². The van der Waals surface area contributed by atoms with E-state index in [1.165, 1.54) is 6.92 Å². The van der Waals surface area contributed by atoms with E-state index in [1.54, 1.807) is 0 Å². The molecule has 0 rings (SSSR count). The van der Waals surface area contributed by atoms with E-state index >= 15 is 0 Å². The summed E-state index contributed by atoms with van der Waals surface area (Å²) in [6.45, 7) is 1.44. The summed E-state index contributed by atoms with van der Waals surface area (Å²) < 4.78 is 16.6. The molecule has 38 valence electrons. The normalized spacial score (nSPS) is 3.88. The first-order valence-corrected chi connectivity index (χ1v) is 1.81. The van der Waals surface area contributed by atoms with Gasteiger partial charge >= 0.3 is 103 Å². The SMILES string of the molecule is CC=O.[K+].[K+].[O-]S[O-]. The molecule has 0 radical (unpaired) electrons. The van der Waals surface area contributed by atoms with Gasteiger partial charge in [0.15, 0.2) is 0 Å². The van der Waals surface area contributed by atoms with Crippen molar-refractivity contribution in [2.24, 2.45) is 0 Å². The summed E-state index contributed by atoms with van der Waals surface area (Å²) in [5.74, 6) is 0. The minimum Gasteiger partial charge on any atom is -0.811 e. The summed E-state index contributed by atoms with van der Waals surface area (Å²) in [5, 5.41) is 0. The largest absolute Gasteiger partial charge is 1.00 e. The standard InChI is InChI=1S/C2H4O.2K.H2O2S/c1-2-3;;;1-3-2/h2H,1H3;;;1-2H/q;2*+1;/p-2. The summed E-state index contributed by atoms with van der Waals surface area (Å²) in [6.07, 6.45) is 0.750. The Labute approximate surface area is 138 Å². The van der Waals surface area contributed by atoms with E-state index < -0.39 is 12.3 Å². The van der Waals surface area contributed by atoms with Gasteiger partial charge in [-0.1, -0.05) is 0 Å². The molecule has 0 aromatic rings. The summed E-state index contributed by atoms with van der Waals surface area (Å²) in [6, 6.07) is 0. The predicted molar refractivity (Wildman–Crippen MR) is 20.9 cm³/mol. The van der Waals surface area contributed by atoms with Gasteiger partial charge in [0.1, 0.15) is 6.29 Å². The van der Waals surface area contributed by atoms with Crippen molar-refractivity contribution < 1.29 is 117 Å². The van der Waals surface area contributed by atoms with Crippen molar-refractivity contribution in [3.05, 3.63) is 0 Å². The first-order valence-electron chi connectivity index (χ1n) is 1.15. The van der Waals surface area contributed by atoms with Gasteiger partial charge in [-0.15, -0.1) is 0 Å². The number of aldehydes is 1. The molecule has 0 saturated heterocycles. The van der Waals surface area contributed by atoms with E-state index in [0.717, 1.165) is 6.29 Å². The molecule has 0 aliphatic rings. The van der Waals surface area contributed by atoms with Crippen LogP contribution in [0.25, 0.3) is 0 Å². The minimum atomic E-state index is -0.750. The second kappa shape index (κ2) is 31.9.